The van der Waals surface area contributed by atoms with Crippen LogP contribution in [0.4, 0.5) is 0 Å². The van der Waals surface area contributed by atoms with Gasteiger partial charge in [0.1, 0.15) is 6.61 Å². The van der Waals surface area contributed by atoms with Gasteiger partial charge in [0.05, 0.1) is 0 Å². The highest BCUT2D eigenvalue weighted by Crippen LogP contribution is 2.57. The van der Waals surface area contributed by atoms with Crippen molar-refractivity contribution in [2.24, 2.45) is 11.8 Å². The van der Waals surface area contributed by atoms with Crippen LogP contribution in [0, 0.1) is 11.8 Å². The fourth-order valence-electron chi connectivity index (χ4n) is 4.02. The van der Waals surface area contributed by atoms with Crippen LogP contribution in [0.15, 0.2) is 115 Å². The highest BCUT2D eigenvalue weighted by atomic mass is 16.5. The number of fused-ring (bicyclic) bond motifs is 1. The van der Waals surface area contributed by atoms with E-state index in [0.717, 1.165) is 5.56 Å². The number of carbonyl (C=O) groups is 1. The normalized spacial score (nSPS) is 23.8. The van der Waals surface area contributed by atoms with Crippen molar-refractivity contribution in [3.63, 3.8) is 0 Å². The molecule has 3 unspecified atom stereocenters. The van der Waals surface area contributed by atoms with Crippen LogP contribution in [0.3, 0.4) is 0 Å². The Morgan fingerprint density at radius 1 is 0.931 bits per heavy atom. The van der Waals surface area contributed by atoms with Crippen LogP contribution in [-0.2, 0) is 16.1 Å². The lowest BCUT2D eigenvalue weighted by Gasteiger charge is -2.18. The van der Waals surface area contributed by atoms with Crippen LogP contribution in [0.1, 0.15) is 22.6 Å². The molecular weight excluding hydrogens is 356 g/mol. The predicted molar refractivity (Wildman–Crippen MR) is 117 cm³/mol. The summed E-state index contributed by atoms with van der Waals surface area (Å²) in [5.41, 5.74) is 5.04. The summed E-state index contributed by atoms with van der Waals surface area (Å²) in [6, 6.07) is 19.1. The summed E-state index contributed by atoms with van der Waals surface area (Å²) in [4.78, 5) is 11.3. The Hall–Kier alpha value is -3.39. The highest BCUT2D eigenvalue weighted by molar-refractivity contribution is 5.81. The van der Waals surface area contributed by atoms with E-state index in [9.17, 15) is 4.79 Å². The zero-order valence-electron chi connectivity index (χ0n) is 16.3. The minimum absolute atomic E-state index is 0.262. The van der Waals surface area contributed by atoms with E-state index in [0.29, 0.717) is 17.8 Å². The van der Waals surface area contributed by atoms with Crippen molar-refractivity contribution in [1.29, 1.82) is 0 Å². The van der Waals surface area contributed by atoms with Crippen molar-refractivity contribution in [3.05, 3.63) is 132 Å². The molecule has 0 bridgehead atoms. The summed E-state index contributed by atoms with van der Waals surface area (Å²) >= 11 is 0. The van der Waals surface area contributed by atoms with Crippen molar-refractivity contribution in [2.45, 2.75) is 12.5 Å². The van der Waals surface area contributed by atoms with Gasteiger partial charge in [-0.25, -0.2) is 4.79 Å². The van der Waals surface area contributed by atoms with Gasteiger partial charge in [-0.15, -0.1) is 0 Å². The minimum atomic E-state index is -0.401. The lowest BCUT2D eigenvalue weighted by molar-refractivity contribution is -0.138. The molecule has 0 amide bonds. The van der Waals surface area contributed by atoms with Gasteiger partial charge >= 0.3 is 5.97 Å². The van der Waals surface area contributed by atoms with Crippen LogP contribution >= 0.6 is 0 Å². The van der Waals surface area contributed by atoms with Gasteiger partial charge in [-0.2, -0.15) is 0 Å². The molecule has 2 nitrogen and oxygen atoms in total. The van der Waals surface area contributed by atoms with Crippen LogP contribution in [0.2, 0.25) is 0 Å². The molecule has 2 aliphatic rings. The largest absolute Gasteiger partial charge is 0.458 e. The Morgan fingerprint density at radius 3 is 2.38 bits per heavy atom. The molecule has 1 fully saturated rings. The number of esters is 1. The quantitative estimate of drug-likeness (QED) is 0.460. The number of allylic oxidation sites excluding steroid dienone is 8. The smallest absolute Gasteiger partial charge is 0.330 e. The Bertz CT molecular complexity index is 991. The molecule has 3 atom stereocenters. The minimum Gasteiger partial charge on any atom is -0.458 e. The summed E-state index contributed by atoms with van der Waals surface area (Å²) in [7, 11) is 0. The molecular formula is C27H24O2. The first-order valence-corrected chi connectivity index (χ1v) is 9.92. The summed E-state index contributed by atoms with van der Waals surface area (Å²) in [5.74, 6) is 0.802. The lowest BCUT2D eigenvalue weighted by Crippen LogP contribution is -2.06. The standard InChI is InChI=1S/C27H24O2/c1-2-25(28)29-19-20-15-17-22(18-16-20)26(21-11-7-6-8-12-21)27-23-13-9-4-3-5-10-14-24(23)27/h2-18,23,26-27H,1,19H2/b4-3-,10-5-,13-9-,24-14?. The zero-order chi connectivity index (χ0) is 20.1. The third kappa shape index (κ3) is 4.38. The molecule has 0 saturated heterocycles. The van der Waals surface area contributed by atoms with Crippen molar-refractivity contribution in [1.82, 2.24) is 0 Å². The maximum Gasteiger partial charge on any atom is 0.330 e. The molecule has 0 aliphatic heterocycles. The van der Waals surface area contributed by atoms with Gasteiger partial charge in [0.15, 0.2) is 0 Å². The molecule has 2 aromatic carbocycles. The third-order valence-corrected chi connectivity index (χ3v) is 5.50. The Kier molecular flexibility index (Phi) is 5.71. The van der Waals surface area contributed by atoms with Gasteiger partial charge in [-0.3, -0.25) is 0 Å². The summed E-state index contributed by atoms with van der Waals surface area (Å²) in [6.07, 6.45) is 16.2. The molecule has 29 heavy (non-hydrogen) atoms. The molecule has 1 saturated carbocycles. The average Bonchev–Trinajstić information content (AvgIpc) is 3.41. The van der Waals surface area contributed by atoms with Gasteiger partial charge in [0.2, 0.25) is 0 Å². The molecule has 0 heterocycles. The Morgan fingerprint density at radius 2 is 1.62 bits per heavy atom. The second-order valence-electron chi connectivity index (χ2n) is 7.31. The zero-order valence-corrected chi connectivity index (χ0v) is 16.3. The van der Waals surface area contributed by atoms with Crippen LogP contribution in [0.25, 0.3) is 0 Å². The molecule has 144 valence electrons. The third-order valence-electron chi connectivity index (χ3n) is 5.50. The number of hydrogen-bond acceptors (Lipinski definition) is 2. The van der Waals surface area contributed by atoms with Crippen LogP contribution in [-0.4, -0.2) is 5.97 Å². The van der Waals surface area contributed by atoms with E-state index in [1.807, 2.05) is 12.1 Å². The second-order valence-corrected chi connectivity index (χ2v) is 7.31. The van der Waals surface area contributed by atoms with Gasteiger partial charge in [0.25, 0.3) is 0 Å². The van der Waals surface area contributed by atoms with E-state index >= 15 is 0 Å². The molecule has 0 N–H and O–H groups in total. The monoisotopic (exact) mass is 380 g/mol. The van der Waals surface area contributed by atoms with Crippen molar-refractivity contribution < 1.29 is 9.53 Å². The summed E-state index contributed by atoms with van der Waals surface area (Å²) < 4.78 is 5.15. The first-order chi connectivity index (χ1) is 14.3. The molecule has 2 aliphatic carbocycles. The highest BCUT2D eigenvalue weighted by Gasteiger charge is 2.47. The molecule has 0 radical (unpaired) electrons. The van der Waals surface area contributed by atoms with Crippen molar-refractivity contribution in [2.75, 3.05) is 0 Å². The molecule has 2 heteroatoms. The van der Waals surface area contributed by atoms with E-state index in [2.05, 4.69) is 91.6 Å². The Balaban J connectivity index is 1.63. The van der Waals surface area contributed by atoms with E-state index in [1.165, 1.54) is 22.8 Å². The van der Waals surface area contributed by atoms with Gasteiger partial charge in [-0.05, 0) is 16.7 Å². The second kappa shape index (κ2) is 8.74. The van der Waals surface area contributed by atoms with E-state index in [-0.39, 0.29) is 6.61 Å². The maximum atomic E-state index is 11.3. The summed E-state index contributed by atoms with van der Waals surface area (Å²) in [5, 5.41) is 0. The number of carbonyl (C=O) groups excluding carboxylic acids is 1. The van der Waals surface area contributed by atoms with Gasteiger partial charge in [-0.1, -0.05) is 109 Å². The number of hydrogen-bond donors (Lipinski definition) is 0. The van der Waals surface area contributed by atoms with Crippen molar-refractivity contribution in [3.8, 4) is 0 Å². The van der Waals surface area contributed by atoms with Gasteiger partial charge < -0.3 is 4.74 Å². The topological polar surface area (TPSA) is 26.3 Å². The van der Waals surface area contributed by atoms with E-state index in [1.54, 1.807) is 0 Å². The first kappa shape index (κ1) is 18.9. The molecule has 0 aromatic heterocycles. The average molecular weight is 380 g/mol. The van der Waals surface area contributed by atoms with Gasteiger partial charge in [0, 0.05) is 23.8 Å². The van der Waals surface area contributed by atoms with E-state index in [4.69, 9.17) is 4.74 Å². The van der Waals surface area contributed by atoms with Crippen LogP contribution < -0.4 is 0 Å². The molecule has 4 rings (SSSR count). The number of ether oxygens (including phenoxy) is 1. The van der Waals surface area contributed by atoms with Crippen molar-refractivity contribution >= 4 is 5.97 Å². The van der Waals surface area contributed by atoms with Crippen LogP contribution in [0.5, 0.6) is 0 Å². The SMILES string of the molecule is C=CC(=O)OCc1ccc(C(c2ccccc2)C2C3=C\C=C/C=C\C=C/C32)cc1. The predicted octanol–water partition coefficient (Wildman–Crippen LogP) is 5.90. The fraction of sp³-hybridized carbons (Fsp3) is 0.148. The molecule has 2 aromatic rings. The first-order valence-electron chi connectivity index (χ1n) is 9.92. The molecule has 0 spiro atoms. The lowest BCUT2D eigenvalue weighted by atomic mass is 9.85. The van der Waals surface area contributed by atoms with E-state index < -0.39 is 5.97 Å². The fourth-order valence-corrected chi connectivity index (χ4v) is 4.02. The number of rotatable bonds is 6. The Labute approximate surface area is 172 Å². The maximum absolute atomic E-state index is 11.3. The summed E-state index contributed by atoms with van der Waals surface area (Å²) in [6.45, 7) is 3.69. The number of benzene rings is 2.